The summed E-state index contributed by atoms with van der Waals surface area (Å²) in [7, 11) is 2.08. The number of halogens is 1. The lowest BCUT2D eigenvalue weighted by atomic mass is 9.81. The number of fused-ring (bicyclic) bond motifs is 5. The molecule has 0 radical (unpaired) electrons. The zero-order valence-electron chi connectivity index (χ0n) is 19.7. The first-order chi connectivity index (χ1) is 15.7. The molecule has 33 heavy (non-hydrogen) atoms. The van der Waals surface area contributed by atoms with Crippen LogP contribution < -0.4 is 9.30 Å². The van der Waals surface area contributed by atoms with Gasteiger partial charge < -0.3 is 4.74 Å². The molecule has 0 fully saturated rings. The summed E-state index contributed by atoms with van der Waals surface area (Å²) in [5.74, 6) is 1.44. The molecule has 0 saturated carbocycles. The number of pyridine rings is 1. The van der Waals surface area contributed by atoms with E-state index in [2.05, 4.69) is 75.8 Å². The largest absolute Gasteiger partial charge is 0.455 e. The third-order valence-corrected chi connectivity index (χ3v) is 6.86. The topological polar surface area (TPSA) is 13.1 Å². The molecule has 4 aromatic carbocycles. The highest BCUT2D eigenvalue weighted by molar-refractivity contribution is 6.13. The van der Waals surface area contributed by atoms with Crippen molar-refractivity contribution in [3.63, 3.8) is 0 Å². The summed E-state index contributed by atoms with van der Waals surface area (Å²) in [6.45, 7) is 8.97. The van der Waals surface area contributed by atoms with Gasteiger partial charge in [-0.1, -0.05) is 57.2 Å². The number of ether oxygens (including phenoxy) is 1. The highest BCUT2D eigenvalue weighted by Gasteiger charge is 2.34. The highest BCUT2D eigenvalue weighted by atomic mass is 19.1. The van der Waals surface area contributed by atoms with Gasteiger partial charge in [0.15, 0.2) is 6.20 Å². The second-order valence-corrected chi connectivity index (χ2v) is 10.5. The van der Waals surface area contributed by atoms with Crippen LogP contribution in [0, 0.1) is 18.2 Å². The SMILES string of the molecule is Cc1c2c(c(CC(C)(C)C)c3ccccc13)Oc1c3cccc(F)c3cc3cc[n+](C)c-2c13. The molecule has 0 aliphatic carbocycles. The molecular formula is C30H27FNO+. The Morgan fingerprint density at radius 2 is 1.61 bits per heavy atom. The average Bonchev–Trinajstić information content (AvgIpc) is 2.78. The standard InChI is InChI=1S/C30H27FNO/c1-17-19-9-6-7-10-20(19)23(16-30(2,3)4)29-25(17)27-26-18(13-14-32(27)5)15-22-21(28(26)33-29)11-8-12-24(22)31/h6-15H,16H2,1-5H3/q+1. The van der Waals surface area contributed by atoms with E-state index in [0.29, 0.717) is 5.39 Å². The van der Waals surface area contributed by atoms with E-state index in [1.54, 1.807) is 6.07 Å². The minimum atomic E-state index is -0.223. The molecule has 5 aromatic rings. The quantitative estimate of drug-likeness (QED) is 0.189. The zero-order chi connectivity index (χ0) is 23.1. The maximum Gasteiger partial charge on any atom is 0.228 e. The van der Waals surface area contributed by atoms with Crippen LogP contribution in [0.5, 0.6) is 11.5 Å². The fourth-order valence-corrected chi connectivity index (χ4v) is 5.46. The molecule has 1 aliphatic rings. The van der Waals surface area contributed by atoms with E-state index in [0.717, 1.165) is 45.3 Å². The van der Waals surface area contributed by atoms with Crippen molar-refractivity contribution in [3.8, 4) is 22.8 Å². The van der Waals surface area contributed by atoms with Gasteiger partial charge in [-0.15, -0.1) is 0 Å². The maximum absolute atomic E-state index is 14.8. The lowest BCUT2D eigenvalue weighted by Gasteiger charge is -2.28. The van der Waals surface area contributed by atoms with E-state index < -0.39 is 0 Å². The third-order valence-electron chi connectivity index (χ3n) is 6.86. The van der Waals surface area contributed by atoms with E-state index in [9.17, 15) is 4.39 Å². The molecular weight excluding hydrogens is 409 g/mol. The summed E-state index contributed by atoms with van der Waals surface area (Å²) in [5.41, 5.74) is 4.79. The summed E-state index contributed by atoms with van der Waals surface area (Å²) in [5, 5.41) is 5.93. The summed E-state index contributed by atoms with van der Waals surface area (Å²) in [4.78, 5) is 0. The average molecular weight is 437 g/mol. The van der Waals surface area contributed by atoms with E-state index in [-0.39, 0.29) is 11.2 Å². The number of rotatable bonds is 1. The molecule has 1 aromatic heterocycles. The van der Waals surface area contributed by atoms with Crippen LogP contribution in [0.15, 0.2) is 60.8 Å². The summed E-state index contributed by atoms with van der Waals surface area (Å²) < 4.78 is 23.9. The molecule has 0 saturated heterocycles. The van der Waals surface area contributed by atoms with Crippen LogP contribution in [0.1, 0.15) is 31.9 Å². The molecule has 0 amide bonds. The first-order valence-electron chi connectivity index (χ1n) is 11.5. The summed E-state index contributed by atoms with van der Waals surface area (Å²) in [6, 6.07) is 17.9. The molecule has 2 heterocycles. The number of hydrogen-bond acceptors (Lipinski definition) is 1. The Kier molecular flexibility index (Phi) is 4.14. The van der Waals surface area contributed by atoms with Gasteiger partial charge in [0.05, 0.1) is 10.9 Å². The van der Waals surface area contributed by atoms with Gasteiger partial charge in [-0.25, -0.2) is 8.96 Å². The number of aromatic nitrogens is 1. The fourth-order valence-electron chi connectivity index (χ4n) is 5.46. The molecule has 6 rings (SSSR count). The van der Waals surface area contributed by atoms with E-state index >= 15 is 0 Å². The molecule has 2 nitrogen and oxygen atoms in total. The normalized spacial score (nSPS) is 12.9. The van der Waals surface area contributed by atoms with Gasteiger partial charge in [-0.05, 0) is 52.6 Å². The minimum absolute atomic E-state index is 0.0779. The summed E-state index contributed by atoms with van der Waals surface area (Å²) >= 11 is 0. The van der Waals surface area contributed by atoms with E-state index in [1.165, 1.54) is 28.0 Å². The van der Waals surface area contributed by atoms with Crippen molar-refractivity contribution in [1.82, 2.24) is 0 Å². The molecule has 0 atom stereocenters. The Bertz CT molecular complexity index is 1630. The zero-order valence-corrected chi connectivity index (χ0v) is 19.7. The highest BCUT2D eigenvalue weighted by Crippen LogP contribution is 2.53. The van der Waals surface area contributed by atoms with Crippen molar-refractivity contribution >= 4 is 32.3 Å². The first-order valence-corrected chi connectivity index (χ1v) is 11.5. The van der Waals surface area contributed by atoms with Gasteiger partial charge in [-0.3, -0.25) is 0 Å². The molecule has 0 bridgehead atoms. The minimum Gasteiger partial charge on any atom is -0.455 e. The maximum atomic E-state index is 14.8. The van der Waals surface area contributed by atoms with Gasteiger partial charge in [-0.2, -0.15) is 0 Å². The van der Waals surface area contributed by atoms with Crippen molar-refractivity contribution in [2.24, 2.45) is 12.5 Å². The lowest BCUT2D eigenvalue weighted by molar-refractivity contribution is -0.659. The number of aryl methyl sites for hydroxylation is 2. The smallest absolute Gasteiger partial charge is 0.228 e. The molecule has 164 valence electrons. The number of benzene rings is 4. The molecule has 1 aliphatic heterocycles. The fraction of sp³-hybridized carbons (Fsp3) is 0.233. The van der Waals surface area contributed by atoms with Crippen LogP contribution in [0.4, 0.5) is 4.39 Å². The van der Waals surface area contributed by atoms with Crippen molar-refractivity contribution in [3.05, 3.63) is 77.7 Å². The Hall–Kier alpha value is -3.46. The van der Waals surface area contributed by atoms with Crippen molar-refractivity contribution in [2.75, 3.05) is 0 Å². The van der Waals surface area contributed by atoms with E-state index in [4.69, 9.17) is 4.74 Å². The van der Waals surface area contributed by atoms with E-state index in [1.807, 2.05) is 12.1 Å². The van der Waals surface area contributed by atoms with Gasteiger partial charge in [0.2, 0.25) is 5.69 Å². The molecule has 0 unspecified atom stereocenters. The Morgan fingerprint density at radius 3 is 2.36 bits per heavy atom. The first kappa shape index (κ1) is 20.2. The van der Waals surface area contributed by atoms with Crippen molar-refractivity contribution in [2.45, 2.75) is 34.1 Å². The monoisotopic (exact) mass is 436 g/mol. The molecule has 0 N–H and O–H groups in total. The van der Waals surface area contributed by atoms with Crippen LogP contribution in [0.25, 0.3) is 43.6 Å². The third kappa shape index (κ3) is 2.88. The molecule has 3 heteroatoms. The Labute approximate surface area is 193 Å². The van der Waals surface area contributed by atoms with Crippen LogP contribution in [-0.2, 0) is 13.5 Å². The number of hydrogen-bond donors (Lipinski definition) is 0. The van der Waals surface area contributed by atoms with Crippen LogP contribution in [-0.4, -0.2) is 0 Å². The van der Waals surface area contributed by atoms with Gasteiger partial charge in [0.1, 0.15) is 24.4 Å². The number of nitrogens with zero attached hydrogens (tertiary/aromatic N) is 1. The summed E-state index contributed by atoms with van der Waals surface area (Å²) in [6.07, 6.45) is 2.95. The van der Waals surface area contributed by atoms with Crippen LogP contribution >= 0.6 is 0 Å². The van der Waals surface area contributed by atoms with Crippen molar-refractivity contribution in [1.29, 1.82) is 0 Å². The van der Waals surface area contributed by atoms with Gasteiger partial charge in [0.25, 0.3) is 0 Å². The predicted molar refractivity (Wildman–Crippen MR) is 133 cm³/mol. The van der Waals surface area contributed by atoms with Crippen molar-refractivity contribution < 1.29 is 13.7 Å². The van der Waals surface area contributed by atoms with Gasteiger partial charge in [0, 0.05) is 22.4 Å². The van der Waals surface area contributed by atoms with Crippen LogP contribution in [0.3, 0.4) is 0 Å². The second-order valence-electron chi connectivity index (χ2n) is 10.5. The molecule has 0 spiro atoms. The van der Waals surface area contributed by atoms with Crippen LogP contribution in [0.2, 0.25) is 0 Å². The Morgan fingerprint density at radius 1 is 0.879 bits per heavy atom. The Balaban J connectivity index is 1.85. The predicted octanol–water partition coefficient (Wildman–Crippen LogP) is 7.78. The lowest BCUT2D eigenvalue weighted by Crippen LogP contribution is -2.32. The van der Waals surface area contributed by atoms with Gasteiger partial charge >= 0.3 is 0 Å². The second kappa shape index (κ2) is 6.77.